The molecule has 0 saturated heterocycles. The third kappa shape index (κ3) is 1.75. The number of hydrogen-bond acceptors (Lipinski definition) is 3. The highest BCUT2D eigenvalue weighted by Crippen LogP contribution is 2.32. The first-order chi connectivity index (χ1) is 9.83. The Balaban J connectivity index is 1.91. The molecule has 1 unspecified atom stereocenters. The van der Waals surface area contributed by atoms with E-state index in [2.05, 4.69) is 29.6 Å². The van der Waals surface area contributed by atoms with Gasteiger partial charge in [-0.25, -0.2) is 0 Å². The van der Waals surface area contributed by atoms with Crippen LogP contribution in [-0.4, -0.2) is 0 Å². The lowest BCUT2D eigenvalue weighted by Crippen LogP contribution is -2.09. The molecular weight excluding hydrogens is 266 g/mol. The number of hydrogen-bond donors (Lipinski definition) is 1. The number of nitrogens with two attached hydrogens (primary N) is 1. The van der Waals surface area contributed by atoms with Gasteiger partial charge < -0.3 is 10.2 Å². The van der Waals surface area contributed by atoms with E-state index in [4.69, 9.17) is 10.2 Å². The van der Waals surface area contributed by atoms with E-state index in [1.165, 1.54) is 4.88 Å². The van der Waals surface area contributed by atoms with Gasteiger partial charge in [-0.05, 0) is 35.2 Å². The molecule has 0 bridgehead atoms. The average molecular weight is 279 g/mol. The van der Waals surface area contributed by atoms with Crippen molar-refractivity contribution in [2.75, 3.05) is 0 Å². The van der Waals surface area contributed by atoms with E-state index in [1.54, 1.807) is 11.3 Å². The maximum absolute atomic E-state index is 6.34. The van der Waals surface area contributed by atoms with Crippen molar-refractivity contribution in [3.05, 3.63) is 70.4 Å². The third-order valence-electron chi connectivity index (χ3n) is 3.61. The second-order valence-corrected chi connectivity index (χ2v) is 5.83. The van der Waals surface area contributed by atoms with Crippen LogP contribution in [0, 0.1) is 0 Å². The summed E-state index contributed by atoms with van der Waals surface area (Å²) in [6.45, 7) is 0. The first-order valence-electron chi connectivity index (χ1n) is 6.53. The van der Waals surface area contributed by atoms with E-state index in [0.29, 0.717) is 0 Å². The summed E-state index contributed by atoms with van der Waals surface area (Å²) in [6.07, 6.45) is 0. The van der Waals surface area contributed by atoms with E-state index in [9.17, 15) is 0 Å². The Labute approximate surface area is 120 Å². The molecule has 0 aliphatic heterocycles. The Morgan fingerprint density at radius 3 is 2.60 bits per heavy atom. The number of fused-ring (bicyclic) bond motifs is 3. The molecule has 2 heterocycles. The summed E-state index contributed by atoms with van der Waals surface area (Å²) >= 11 is 1.69. The fourth-order valence-electron chi connectivity index (χ4n) is 2.57. The molecule has 0 amide bonds. The highest BCUT2D eigenvalue weighted by atomic mass is 32.1. The predicted molar refractivity (Wildman–Crippen MR) is 84.1 cm³/mol. The standard InChI is InChI=1S/C17H13NOS/c18-17(16-6-3-9-20-16)11-7-8-15-13(10-11)12-4-1-2-5-14(12)19-15/h1-10,17H,18H2. The van der Waals surface area contributed by atoms with Crippen molar-refractivity contribution in [1.29, 1.82) is 0 Å². The summed E-state index contributed by atoms with van der Waals surface area (Å²) in [6, 6.07) is 18.3. The third-order valence-corrected chi connectivity index (χ3v) is 4.56. The molecule has 0 aliphatic carbocycles. The molecule has 4 rings (SSSR count). The fraction of sp³-hybridized carbons (Fsp3) is 0.0588. The van der Waals surface area contributed by atoms with Crippen LogP contribution >= 0.6 is 11.3 Å². The molecule has 1 atom stereocenters. The summed E-state index contributed by atoms with van der Waals surface area (Å²) in [5.41, 5.74) is 9.29. The van der Waals surface area contributed by atoms with Crippen LogP contribution in [0.5, 0.6) is 0 Å². The van der Waals surface area contributed by atoms with Crippen LogP contribution in [0.15, 0.2) is 64.4 Å². The maximum atomic E-state index is 6.34. The Morgan fingerprint density at radius 1 is 0.900 bits per heavy atom. The van der Waals surface area contributed by atoms with Gasteiger partial charge in [-0.3, -0.25) is 0 Å². The summed E-state index contributed by atoms with van der Waals surface area (Å²) in [5.74, 6) is 0. The number of rotatable bonds is 2. The van der Waals surface area contributed by atoms with Gasteiger partial charge in [0.05, 0.1) is 6.04 Å². The van der Waals surface area contributed by atoms with Gasteiger partial charge in [-0.1, -0.05) is 30.3 Å². The van der Waals surface area contributed by atoms with E-state index in [0.717, 1.165) is 27.5 Å². The lowest BCUT2D eigenvalue weighted by Gasteiger charge is -2.09. The summed E-state index contributed by atoms with van der Waals surface area (Å²) in [4.78, 5) is 1.18. The van der Waals surface area contributed by atoms with Gasteiger partial charge in [-0.2, -0.15) is 0 Å². The predicted octanol–water partition coefficient (Wildman–Crippen LogP) is 4.70. The minimum atomic E-state index is -0.0759. The largest absolute Gasteiger partial charge is 0.456 e. The van der Waals surface area contributed by atoms with E-state index in [-0.39, 0.29) is 6.04 Å². The Kier molecular flexibility index (Phi) is 2.62. The van der Waals surface area contributed by atoms with E-state index < -0.39 is 0 Å². The summed E-state index contributed by atoms with van der Waals surface area (Å²) in [5, 5.41) is 4.33. The second kappa shape index (κ2) is 4.47. The molecule has 0 radical (unpaired) electrons. The maximum Gasteiger partial charge on any atom is 0.135 e. The minimum Gasteiger partial charge on any atom is -0.456 e. The van der Waals surface area contributed by atoms with Crippen molar-refractivity contribution in [2.24, 2.45) is 5.73 Å². The summed E-state index contributed by atoms with van der Waals surface area (Å²) in [7, 11) is 0. The van der Waals surface area contributed by atoms with Crippen molar-refractivity contribution in [3.63, 3.8) is 0 Å². The van der Waals surface area contributed by atoms with Crippen molar-refractivity contribution in [3.8, 4) is 0 Å². The lowest BCUT2D eigenvalue weighted by atomic mass is 10.0. The van der Waals surface area contributed by atoms with Gasteiger partial charge in [0.1, 0.15) is 11.2 Å². The van der Waals surface area contributed by atoms with Crippen molar-refractivity contribution >= 4 is 33.3 Å². The van der Waals surface area contributed by atoms with E-state index in [1.807, 2.05) is 30.3 Å². The van der Waals surface area contributed by atoms with Gasteiger partial charge in [0.15, 0.2) is 0 Å². The molecular formula is C17H13NOS. The molecule has 2 N–H and O–H groups in total. The van der Waals surface area contributed by atoms with Crippen LogP contribution in [0.2, 0.25) is 0 Å². The first-order valence-corrected chi connectivity index (χ1v) is 7.41. The Bertz CT molecular complexity index is 876. The van der Waals surface area contributed by atoms with Gasteiger partial charge in [0.2, 0.25) is 0 Å². The van der Waals surface area contributed by atoms with Crippen molar-refractivity contribution < 1.29 is 4.42 Å². The highest BCUT2D eigenvalue weighted by molar-refractivity contribution is 7.10. The van der Waals surface area contributed by atoms with Crippen LogP contribution in [0.3, 0.4) is 0 Å². The van der Waals surface area contributed by atoms with Crippen LogP contribution in [0.1, 0.15) is 16.5 Å². The zero-order valence-corrected chi connectivity index (χ0v) is 11.6. The molecule has 0 aliphatic rings. The van der Waals surface area contributed by atoms with E-state index >= 15 is 0 Å². The van der Waals surface area contributed by atoms with Crippen LogP contribution in [-0.2, 0) is 0 Å². The molecule has 2 nitrogen and oxygen atoms in total. The lowest BCUT2D eigenvalue weighted by molar-refractivity contribution is 0.668. The number of para-hydroxylation sites is 1. The van der Waals surface area contributed by atoms with Gasteiger partial charge in [0.25, 0.3) is 0 Å². The van der Waals surface area contributed by atoms with Crippen molar-refractivity contribution in [1.82, 2.24) is 0 Å². The molecule has 2 aromatic carbocycles. The quantitative estimate of drug-likeness (QED) is 0.578. The summed E-state index contributed by atoms with van der Waals surface area (Å²) < 4.78 is 5.84. The molecule has 3 heteroatoms. The topological polar surface area (TPSA) is 39.2 Å². The number of benzene rings is 2. The highest BCUT2D eigenvalue weighted by Gasteiger charge is 2.13. The zero-order chi connectivity index (χ0) is 13.5. The molecule has 0 saturated carbocycles. The van der Waals surface area contributed by atoms with Crippen LogP contribution in [0.25, 0.3) is 21.9 Å². The molecule has 4 aromatic rings. The van der Waals surface area contributed by atoms with Gasteiger partial charge in [-0.15, -0.1) is 11.3 Å². The molecule has 20 heavy (non-hydrogen) atoms. The molecule has 98 valence electrons. The SMILES string of the molecule is NC(c1ccc2oc3ccccc3c2c1)c1cccs1. The smallest absolute Gasteiger partial charge is 0.135 e. The van der Waals surface area contributed by atoms with Crippen LogP contribution in [0.4, 0.5) is 0 Å². The molecule has 0 spiro atoms. The molecule has 2 aromatic heterocycles. The minimum absolute atomic E-state index is 0.0759. The second-order valence-electron chi connectivity index (χ2n) is 4.85. The van der Waals surface area contributed by atoms with Gasteiger partial charge in [0, 0.05) is 15.6 Å². The molecule has 0 fully saturated rings. The monoisotopic (exact) mass is 279 g/mol. The van der Waals surface area contributed by atoms with Crippen molar-refractivity contribution in [2.45, 2.75) is 6.04 Å². The Hall–Kier alpha value is -2.10. The zero-order valence-electron chi connectivity index (χ0n) is 10.7. The number of furan rings is 1. The Morgan fingerprint density at radius 2 is 1.75 bits per heavy atom. The first kappa shape index (κ1) is 11.7. The fourth-order valence-corrected chi connectivity index (χ4v) is 3.32. The number of thiophene rings is 1. The van der Waals surface area contributed by atoms with Gasteiger partial charge >= 0.3 is 0 Å². The average Bonchev–Trinajstić information content (AvgIpc) is 3.13. The normalized spacial score (nSPS) is 13.1. The van der Waals surface area contributed by atoms with Crippen LogP contribution < -0.4 is 5.73 Å².